The van der Waals surface area contributed by atoms with Gasteiger partial charge in [-0.3, -0.25) is 4.79 Å². The molecule has 0 amide bonds. The Labute approximate surface area is 111 Å². The minimum Gasteiger partial charge on any atom is -0.389 e. The molecule has 2 aliphatic rings. The molecule has 0 aromatic rings. The second-order valence-electron chi connectivity index (χ2n) is 6.65. The van der Waals surface area contributed by atoms with Gasteiger partial charge in [-0.05, 0) is 25.2 Å². The molecule has 0 unspecified atom stereocenters. The lowest BCUT2D eigenvalue weighted by Gasteiger charge is -2.42. The van der Waals surface area contributed by atoms with Crippen molar-refractivity contribution in [2.45, 2.75) is 83.2 Å². The van der Waals surface area contributed by atoms with Crippen LogP contribution in [0, 0.1) is 11.8 Å². The van der Waals surface area contributed by atoms with Gasteiger partial charge in [-0.1, -0.05) is 51.9 Å². The molecule has 0 aromatic heterocycles. The van der Waals surface area contributed by atoms with Gasteiger partial charge in [0.2, 0.25) is 0 Å². The Hall–Kier alpha value is -0.370. The van der Waals surface area contributed by atoms with E-state index in [1.165, 1.54) is 32.1 Å². The van der Waals surface area contributed by atoms with Crippen LogP contribution in [0.25, 0.3) is 0 Å². The highest BCUT2D eigenvalue weighted by molar-refractivity contribution is 5.83. The molecule has 0 aliphatic heterocycles. The van der Waals surface area contributed by atoms with Gasteiger partial charge in [-0.25, -0.2) is 0 Å². The maximum absolute atomic E-state index is 12.2. The van der Waals surface area contributed by atoms with Crippen LogP contribution in [0.4, 0.5) is 0 Å². The Balaban J connectivity index is 2.08. The summed E-state index contributed by atoms with van der Waals surface area (Å²) in [6.07, 6.45) is 11.9. The van der Waals surface area contributed by atoms with Gasteiger partial charge in [0.25, 0.3) is 0 Å². The van der Waals surface area contributed by atoms with Crippen LogP contribution in [-0.4, -0.2) is 16.5 Å². The van der Waals surface area contributed by atoms with Crippen LogP contribution in [0.2, 0.25) is 0 Å². The van der Waals surface area contributed by atoms with Crippen LogP contribution in [-0.2, 0) is 4.79 Å². The van der Waals surface area contributed by atoms with Crippen molar-refractivity contribution < 1.29 is 9.90 Å². The average Bonchev–Trinajstić information content (AvgIpc) is 2.32. The Bertz CT molecular complexity index is 287. The van der Waals surface area contributed by atoms with Gasteiger partial charge >= 0.3 is 0 Å². The summed E-state index contributed by atoms with van der Waals surface area (Å²) in [6.45, 7) is 2.11. The average molecular weight is 252 g/mol. The third-order valence-electron chi connectivity index (χ3n) is 4.89. The third-order valence-corrected chi connectivity index (χ3v) is 4.89. The summed E-state index contributed by atoms with van der Waals surface area (Å²) in [5, 5.41) is 10.9. The van der Waals surface area contributed by atoms with Crippen molar-refractivity contribution in [1.82, 2.24) is 0 Å². The molecule has 2 heteroatoms. The first-order valence-electron chi connectivity index (χ1n) is 7.87. The fourth-order valence-corrected chi connectivity index (χ4v) is 3.97. The number of Topliss-reactive ketones (excluding diaryl/α,β-unsaturated/α-hetero) is 1. The Morgan fingerprint density at radius 2 is 1.67 bits per heavy atom. The van der Waals surface area contributed by atoms with E-state index in [1.54, 1.807) is 0 Å². The number of aliphatic hydroxyl groups is 1. The summed E-state index contributed by atoms with van der Waals surface area (Å²) in [5.41, 5.74) is -0.681. The summed E-state index contributed by atoms with van der Waals surface area (Å²) in [6, 6.07) is 0. The number of carbonyl (C=O) groups is 1. The van der Waals surface area contributed by atoms with Gasteiger partial charge in [0.1, 0.15) is 5.78 Å². The Morgan fingerprint density at radius 1 is 1.06 bits per heavy atom. The topological polar surface area (TPSA) is 37.3 Å². The zero-order valence-corrected chi connectivity index (χ0v) is 11.8. The van der Waals surface area contributed by atoms with E-state index < -0.39 is 5.60 Å². The van der Waals surface area contributed by atoms with E-state index in [-0.39, 0.29) is 5.92 Å². The highest BCUT2D eigenvalue weighted by atomic mass is 16.3. The SMILES string of the molecule is C[C@H]1CC(=O)[C@H]2CCCCCCCCC[C@@]2(O)C1. The molecule has 2 saturated carbocycles. The Kier molecular flexibility index (Phi) is 4.83. The van der Waals surface area contributed by atoms with E-state index in [0.717, 1.165) is 32.1 Å². The summed E-state index contributed by atoms with van der Waals surface area (Å²) < 4.78 is 0. The lowest BCUT2D eigenvalue weighted by Crippen LogP contribution is -2.48. The lowest BCUT2D eigenvalue weighted by molar-refractivity contribution is -0.143. The molecule has 0 spiro atoms. The van der Waals surface area contributed by atoms with Crippen LogP contribution in [0.3, 0.4) is 0 Å². The molecule has 3 atom stereocenters. The maximum Gasteiger partial charge on any atom is 0.139 e. The van der Waals surface area contributed by atoms with Crippen molar-refractivity contribution in [3.05, 3.63) is 0 Å². The summed E-state index contributed by atoms with van der Waals surface area (Å²) >= 11 is 0. The zero-order chi connectivity index (χ0) is 13.0. The van der Waals surface area contributed by atoms with Crippen LogP contribution in [0.15, 0.2) is 0 Å². The first kappa shape index (κ1) is 14.0. The smallest absolute Gasteiger partial charge is 0.139 e. The predicted octanol–water partition coefficient (Wildman–Crippen LogP) is 3.86. The minimum absolute atomic E-state index is 0.0631. The van der Waals surface area contributed by atoms with Crippen molar-refractivity contribution in [3.63, 3.8) is 0 Å². The second-order valence-corrected chi connectivity index (χ2v) is 6.65. The molecule has 2 rings (SSSR count). The zero-order valence-electron chi connectivity index (χ0n) is 11.8. The molecule has 2 fully saturated rings. The normalized spacial score (nSPS) is 39.8. The van der Waals surface area contributed by atoms with E-state index in [4.69, 9.17) is 0 Å². The lowest BCUT2D eigenvalue weighted by atomic mass is 9.67. The van der Waals surface area contributed by atoms with E-state index in [1.807, 2.05) is 0 Å². The molecule has 0 radical (unpaired) electrons. The van der Waals surface area contributed by atoms with Gasteiger partial charge in [0, 0.05) is 12.3 Å². The monoisotopic (exact) mass is 252 g/mol. The molecule has 104 valence electrons. The molecule has 0 aromatic carbocycles. The van der Waals surface area contributed by atoms with Gasteiger partial charge < -0.3 is 5.11 Å². The van der Waals surface area contributed by atoms with Crippen LogP contribution in [0.1, 0.15) is 77.6 Å². The van der Waals surface area contributed by atoms with E-state index in [2.05, 4.69) is 6.92 Å². The first-order valence-corrected chi connectivity index (χ1v) is 7.87. The van der Waals surface area contributed by atoms with Crippen LogP contribution >= 0.6 is 0 Å². The number of hydrogen-bond donors (Lipinski definition) is 1. The second kappa shape index (κ2) is 6.18. The van der Waals surface area contributed by atoms with Crippen molar-refractivity contribution in [1.29, 1.82) is 0 Å². The van der Waals surface area contributed by atoms with Crippen molar-refractivity contribution in [2.24, 2.45) is 11.8 Å². The van der Waals surface area contributed by atoms with Gasteiger partial charge in [-0.15, -0.1) is 0 Å². The fraction of sp³-hybridized carbons (Fsp3) is 0.938. The molecular formula is C16H28O2. The molecule has 0 bridgehead atoms. The largest absolute Gasteiger partial charge is 0.389 e. The first-order chi connectivity index (χ1) is 8.62. The van der Waals surface area contributed by atoms with E-state index in [0.29, 0.717) is 18.1 Å². The van der Waals surface area contributed by atoms with Crippen LogP contribution in [0.5, 0.6) is 0 Å². The molecule has 0 saturated heterocycles. The molecule has 2 aliphatic carbocycles. The highest BCUT2D eigenvalue weighted by Crippen LogP contribution is 2.41. The number of fused-ring (bicyclic) bond motifs is 1. The quantitative estimate of drug-likeness (QED) is 0.711. The standard InChI is InChI=1S/C16H28O2/c1-13-11-15(17)14-9-7-5-3-2-4-6-8-10-16(14,18)12-13/h13-14,18H,2-12H2,1H3/t13-,14+,16+/m0/s1. The molecule has 1 N–H and O–H groups in total. The van der Waals surface area contributed by atoms with Crippen LogP contribution < -0.4 is 0 Å². The number of ketones is 1. The maximum atomic E-state index is 12.2. The van der Waals surface area contributed by atoms with Crippen molar-refractivity contribution in [2.75, 3.05) is 0 Å². The van der Waals surface area contributed by atoms with Gasteiger partial charge in [0.15, 0.2) is 0 Å². The highest BCUT2D eigenvalue weighted by Gasteiger charge is 2.45. The number of rotatable bonds is 0. The summed E-state index contributed by atoms with van der Waals surface area (Å²) in [4.78, 5) is 12.2. The van der Waals surface area contributed by atoms with Crippen molar-refractivity contribution >= 4 is 5.78 Å². The molecule has 2 nitrogen and oxygen atoms in total. The molecule has 0 heterocycles. The van der Waals surface area contributed by atoms with E-state index in [9.17, 15) is 9.90 Å². The summed E-state index contributed by atoms with van der Waals surface area (Å²) in [7, 11) is 0. The summed E-state index contributed by atoms with van der Waals surface area (Å²) in [5.74, 6) is 0.631. The van der Waals surface area contributed by atoms with Gasteiger partial charge in [0.05, 0.1) is 5.60 Å². The molecule has 18 heavy (non-hydrogen) atoms. The fourth-order valence-electron chi connectivity index (χ4n) is 3.97. The predicted molar refractivity (Wildman–Crippen MR) is 73.4 cm³/mol. The number of carbonyl (C=O) groups excluding carboxylic acids is 1. The van der Waals surface area contributed by atoms with E-state index >= 15 is 0 Å². The van der Waals surface area contributed by atoms with Crippen molar-refractivity contribution in [3.8, 4) is 0 Å². The Morgan fingerprint density at radius 3 is 2.39 bits per heavy atom. The van der Waals surface area contributed by atoms with Gasteiger partial charge in [-0.2, -0.15) is 0 Å². The minimum atomic E-state index is -0.681. The molecular weight excluding hydrogens is 224 g/mol. The third kappa shape index (κ3) is 3.34. The number of hydrogen-bond acceptors (Lipinski definition) is 2.